The van der Waals surface area contributed by atoms with Gasteiger partial charge in [0.05, 0.1) is 12.1 Å². The van der Waals surface area contributed by atoms with Crippen molar-refractivity contribution in [3.63, 3.8) is 0 Å². The summed E-state index contributed by atoms with van der Waals surface area (Å²) in [5, 5.41) is 16.1. The zero-order chi connectivity index (χ0) is 14.9. The lowest BCUT2D eigenvalue weighted by molar-refractivity contribution is -0.0482. The molecule has 3 rings (SSSR count). The molecule has 1 aliphatic carbocycles. The number of hydrogen-bond acceptors (Lipinski definition) is 3. The summed E-state index contributed by atoms with van der Waals surface area (Å²) >= 11 is 5.93. The van der Waals surface area contributed by atoms with Crippen molar-refractivity contribution in [2.24, 2.45) is 11.8 Å². The van der Waals surface area contributed by atoms with Crippen LogP contribution in [0.3, 0.4) is 0 Å². The van der Waals surface area contributed by atoms with Crippen molar-refractivity contribution < 1.29 is 5.11 Å². The molecule has 1 aromatic heterocycles. The molecular formula is C16H20ClN3O. The third kappa shape index (κ3) is 2.97. The first-order valence-electron chi connectivity index (χ1n) is 7.37. The van der Waals surface area contributed by atoms with E-state index < -0.39 is 5.60 Å². The van der Waals surface area contributed by atoms with E-state index >= 15 is 0 Å². The molecule has 1 aromatic carbocycles. The predicted octanol–water partition coefficient (Wildman–Crippen LogP) is 2.95. The van der Waals surface area contributed by atoms with Gasteiger partial charge in [0.25, 0.3) is 0 Å². The predicted molar refractivity (Wildman–Crippen MR) is 82.0 cm³/mol. The van der Waals surface area contributed by atoms with Crippen LogP contribution >= 0.6 is 11.6 Å². The largest absolute Gasteiger partial charge is 0.387 e. The van der Waals surface area contributed by atoms with Crippen molar-refractivity contribution in [1.29, 1.82) is 0 Å². The van der Waals surface area contributed by atoms with Crippen molar-refractivity contribution in [2.45, 2.75) is 38.3 Å². The first kappa shape index (κ1) is 14.5. The Hall–Kier alpha value is -1.39. The van der Waals surface area contributed by atoms with Gasteiger partial charge in [0.2, 0.25) is 0 Å². The molecule has 0 unspecified atom stereocenters. The molecule has 3 atom stereocenters. The highest BCUT2D eigenvalue weighted by molar-refractivity contribution is 6.30. The van der Waals surface area contributed by atoms with Gasteiger partial charge in [0.15, 0.2) is 0 Å². The second-order valence-corrected chi connectivity index (χ2v) is 6.53. The molecule has 0 saturated heterocycles. The van der Waals surface area contributed by atoms with E-state index in [1.54, 1.807) is 11.0 Å². The second-order valence-electron chi connectivity index (χ2n) is 6.09. The summed E-state index contributed by atoms with van der Waals surface area (Å²) in [5.74, 6) is 0.497. The van der Waals surface area contributed by atoms with Gasteiger partial charge in [-0.1, -0.05) is 30.7 Å². The Morgan fingerprint density at radius 3 is 2.76 bits per heavy atom. The van der Waals surface area contributed by atoms with Crippen molar-refractivity contribution >= 4 is 11.6 Å². The first-order chi connectivity index (χ1) is 10.1. The van der Waals surface area contributed by atoms with Crippen LogP contribution in [0, 0.1) is 11.8 Å². The molecule has 1 fully saturated rings. The highest BCUT2D eigenvalue weighted by Crippen LogP contribution is 2.43. The number of aliphatic hydroxyl groups is 1. The lowest BCUT2D eigenvalue weighted by Crippen LogP contribution is -2.44. The van der Waals surface area contributed by atoms with Crippen LogP contribution in [-0.4, -0.2) is 25.5 Å². The fourth-order valence-corrected chi connectivity index (χ4v) is 3.52. The molecule has 0 aliphatic heterocycles. The number of hydrogen-bond donors (Lipinski definition) is 1. The van der Waals surface area contributed by atoms with E-state index in [0.717, 1.165) is 24.3 Å². The fourth-order valence-electron chi connectivity index (χ4n) is 3.40. The Morgan fingerprint density at radius 2 is 2.10 bits per heavy atom. The van der Waals surface area contributed by atoms with Gasteiger partial charge in [-0.05, 0) is 48.8 Å². The normalized spacial score (nSPS) is 28.9. The highest BCUT2D eigenvalue weighted by Gasteiger charge is 2.46. The molecular weight excluding hydrogens is 286 g/mol. The number of aromatic nitrogens is 3. The highest BCUT2D eigenvalue weighted by atomic mass is 35.5. The lowest BCUT2D eigenvalue weighted by atomic mass is 9.81. The maximum absolute atomic E-state index is 11.2. The van der Waals surface area contributed by atoms with Crippen LogP contribution in [0.15, 0.2) is 36.9 Å². The molecule has 2 aromatic rings. The Balaban J connectivity index is 1.78. The Morgan fingerprint density at radius 1 is 1.33 bits per heavy atom. The number of nitrogens with zero attached hydrogens (tertiary/aromatic N) is 3. The maximum Gasteiger partial charge on any atom is 0.137 e. The van der Waals surface area contributed by atoms with Crippen LogP contribution in [0.1, 0.15) is 25.3 Å². The Kier molecular flexibility index (Phi) is 4.00. The molecule has 0 amide bonds. The zero-order valence-corrected chi connectivity index (χ0v) is 12.9. The average molecular weight is 306 g/mol. The van der Waals surface area contributed by atoms with Gasteiger partial charge < -0.3 is 5.11 Å². The molecule has 4 nitrogen and oxygen atoms in total. The Labute approximate surface area is 129 Å². The fraction of sp³-hybridized carbons (Fsp3) is 0.500. The third-order valence-electron chi connectivity index (χ3n) is 4.79. The van der Waals surface area contributed by atoms with E-state index in [-0.39, 0.29) is 11.8 Å². The smallest absolute Gasteiger partial charge is 0.137 e. The molecule has 1 aliphatic rings. The van der Waals surface area contributed by atoms with Gasteiger partial charge in [0.1, 0.15) is 12.7 Å². The van der Waals surface area contributed by atoms with E-state index in [0.29, 0.717) is 6.54 Å². The molecule has 0 bridgehead atoms. The topological polar surface area (TPSA) is 50.9 Å². The van der Waals surface area contributed by atoms with E-state index in [4.69, 9.17) is 11.6 Å². The van der Waals surface area contributed by atoms with Gasteiger partial charge in [-0.2, -0.15) is 5.10 Å². The van der Waals surface area contributed by atoms with Crippen LogP contribution in [0.5, 0.6) is 0 Å². The van der Waals surface area contributed by atoms with E-state index in [9.17, 15) is 5.11 Å². The molecule has 1 saturated carbocycles. The molecule has 1 heterocycles. The minimum Gasteiger partial charge on any atom is -0.387 e. The minimum absolute atomic E-state index is 0.234. The summed E-state index contributed by atoms with van der Waals surface area (Å²) in [6.45, 7) is 2.63. The maximum atomic E-state index is 11.2. The lowest BCUT2D eigenvalue weighted by Gasteiger charge is -2.34. The monoisotopic (exact) mass is 305 g/mol. The Bertz CT molecular complexity index is 584. The number of halogens is 1. The van der Waals surface area contributed by atoms with E-state index in [1.165, 1.54) is 11.9 Å². The van der Waals surface area contributed by atoms with Crippen LogP contribution in [0.4, 0.5) is 0 Å². The SMILES string of the molecule is C[C@@H]1CC[C@@H](Cc2ccc(Cl)cc2)[C@@]1(O)Cn1cncn1. The second kappa shape index (κ2) is 5.78. The number of rotatable bonds is 4. The molecule has 112 valence electrons. The summed E-state index contributed by atoms with van der Waals surface area (Å²) < 4.78 is 1.73. The summed E-state index contributed by atoms with van der Waals surface area (Å²) in [7, 11) is 0. The van der Waals surface area contributed by atoms with E-state index in [2.05, 4.69) is 17.0 Å². The van der Waals surface area contributed by atoms with Gasteiger partial charge in [0, 0.05) is 5.02 Å². The zero-order valence-electron chi connectivity index (χ0n) is 12.1. The summed E-state index contributed by atoms with van der Waals surface area (Å²) in [4.78, 5) is 3.97. The van der Waals surface area contributed by atoms with Gasteiger partial charge in [-0.15, -0.1) is 0 Å². The molecule has 1 N–H and O–H groups in total. The minimum atomic E-state index is -0.729. The molecule has 0 radical (unpaired) electrons. The van der Waals surface area contributed by atoms with Crippen LogP contribution in [-0.2, 0) is 13.0 Å². The van der Waals surface area contributed by atoms with Crippen molar-refractivity contribution in [2.75, 3.05) is 0 Å². The molecule has 0 spiro atoms. The standard InChI is InChI=1S/C16H20ClN3O/c1-12-2-5-14(8-13-3-6-15(17)7-4-13)16(12,21)9-20-11-18-10-19-20/h3-4,6-7,10-12,14,21H,2,5,8-9H2,1H3/t12-,14+,16-/m1/s1. The summed E-state index contributed by atoms with van der Waals surface area (Å²) in [6, 6.07) is 7.90. The number of benzene rings is 1. The van der Waals surface area contributed by atoms with Gasteiger partial charge >= 0.3 is 0 Å². The van der Waals surface area contributed by atoms with Crippen LogP contribution in [0.2, 0.25) is 5.02 Å². The van der Waals surface area contributed by atoms with Crippen LogP contribution in [0.25, 0.3) is 0 Å². The van der Waals surface area contributed by atoms with E-state index in [1.807, 2.05) is 24.3 Å². The third-order valence-corrected chi connectivity index (χ3v) is 5.04. The summed E-state index contributed by atoms with van der Waals surface area (Å²) in [6.07, 6.45) is 6.13. The summed E-state index contributed by atoms with van der Waals surface area (Å²) in [5.41, 5.74) is 0.489. The molecule has 21 heavy (non-hydrogen) atoms. The first-order valence-corrected chi connectivity index (χ1v) is 7.75. The van der Waals surface area contributed by atoms with Crippen LogP contribution < -0.4 is 0 Å². The van der Waals surface area contributed by atoms with Gasteiger partial charge in [-0.3, -0.25) is 4.68 Å². The van der Waals surface area contributed by atoms with Crippen molar-refractivity contribution in [1.82, 2.24) is 14.8 Å². The average Bonchev–Trinajstić information content (AvgIpc) is 3.05. The van der Waals surface area contributed by atoms with Crippen molar-refractivity contribution in [3.8, 4) is 0 Å². The van der Waals surface area contributed by atoms with Gasteiger partial charge in [-0.25, -0.2) is 4.98 Å². The van der Waals surface area contributed by atoms with Crippen molar-refractivity contribution in [3.05, 3.63) is 47.5 Å². The molecule has 5 heteroatoms. The quantitative estimate of drug-likeness (QED) is 0.945.